The second-order valence-corrected chi connectivity index (χ2v) is 4.96. The fourth-order valence-corrected chi connectivity index (χ4v) is 2.20. The van der Waals surface area contributed by atoms with Gasteiger partial charge in [0.25, 0.3) is 0 Å². The first-order chi connectivity index (χ1) is 7.95. The molecule has 94 valence electrons. The van der Waals surface area contributed by atoms with Crippen molar-refractivity contribution in [2.75, 3.05) is 11.9 Å². The monoisotopic (exact) mass is 294 g/mol. The normalized spacial score (nSPS) is 12.3. The van der Waals surface area contributed by atoms with E-state index in [2.05, 4.69) is 5.32 Å². The van der Waals surface area contributed by atoms with Crippen LogP contribution in [0.2, 0.25) is 15.1 Å². The number of amides is 1. The summed E-state index contributed by atoms with van der Waals surface area (Å²) in [6, 6.07) is 3.05. The summed E-state index contributed by atoms with van der Waals surface area (Å²) in [5.41, 5.74) is 5.77. The van der Waals surface area contributed by atoms with Gasteiger partial charge in [-0.1, -0.05) is 41.7 Å². The van der Waals surface area contributed by atoms with E-state index in [1.807, 2.05) is 0 Å². The fourth-order valence-electron chi connectivity index (χ4n) is 1.29. The molecule has 0 bridgehead atoms. The number of anilines is 1. The van der Waals surface area contributed by atoms with Crippen LogP contribution in [0.25, 0.3) is 0 Å². The number of rotatable bonds is 4. The van der Waals surface area contributed by atoms with Crippen molar-refractivity contribution in [1.82, 2.24) is 0 Å². The van der Waals surface area contributed by atoms with Crippen molar-refractivity contribution in [3.05, 3.63) is 27.2 Å². The minimum absolute atomic E-state index is 0.165. The van der Waals surface area contributed by atoms with Gasteiger partial charge in [0, 0.05) is 10.9 Å². The van der Waals surface area contributed by atoms with Gasteiger partial charge in [0.15, 0.2) is 0 Å². The third-order valence-electron chi connectivity index (χ3n) is 2.30. The number of carbonyl (C=O) groups is 1. The summed E-state index contributed by atoms with van der Waals surface area (Å²) in [5, 5.41) is 3.73. The number of benzene rings is 1. The Labute approximate surface area is 115 Å². The Balaban J connectivity index is 2.85. The molecule has 0 saturated carbocycles. The fraction of sp³-hybridized carbons (Fsp3) is 0.364. The van der Waals surface area contributed by atoms with Gasteiger partial charge >= 0.3 is 0 Å². The summed E-state index contributed by atoms with van der Waals surface area (Å²) in [6.45, 7) is 2.25. The highest BCUT2D eigenvalue weighted by Crippen LogP contribution is 2.33. The lowest BCUT2D eigenvalue weighted by Gasteiger charge is -2.13. The van der Waals surface area contributed by atoms with Gasteiger partial charge in [0.1, 0.15) is 0 Å². The number of hydrogen-bond acceptors (Lipinski definition) is 2. The third kappa shape index (κ3) is 4.03. The summed E-state index contributed by atoms with van der Waals surface area (Å²) < 4.78 is 0. The molecule has 1 rings (SSSR count). The van der Waals surface area contributed by atoms with Crippen LogP contribution in [-0.4, -0.2) is 12.5 Å². The first-order valence-electron chi connectivity index (χ1n) is 5.11. The van der Waals surface area contributed by atoms with Gasteiger partial charge in [-0.15, -0.1) is 0 Å². The van der Waals surface area contributed by atoms with Crippen molar-refractivity contribution in [2.24, 2.45) is 11.7 Å². The first-order valence-corrected chi connectivity index (χ1v) is 6.24. The van der Waals surface area contributed by atoms with Crippen LogP contribution in [0.1, 0.15) is 13.3 Å². The molecular weight excluding hydrogens is 282 g/mol. The molecule has 1 atom stereocenters. The lowest BCUT2D eigenvalue weighted by molar-refractivity contribution is -0.119. The highest BCUT2D eigenvalue weighted by atomic mass is 35.5. The second-order valence-electron chi connectivity index (χ2n) is 3.71. The third-order valence-corrected chi connectivity index (χ3v) is 3.12. The molecule has 3 N–H and O–H groups in total. The van der Waals surface area contributed by atoms with Crippen LogP contribution in [0.3, 0.4) is 0 Å². The molecule has 3 nitrogen and oxygen atoms in total. The molecule has 17 heavy (non-hydrogen) atoms. The van der Waals surface area contributed by atoms with Crippen molar-refractivity contribution < 1.29 is 4.79 Å². The van der Waals surface area contributed by atoms with Gasteiger partial charge in [-0.05, 0) is 25.1 Å². The Morgan fingerprint density at radius 2 is 1.88 bits per heavy atom. The lowest BCUT2D eigenvalue weighted by atomic mass is 10.1. The highest BCUT2D eigenvalue weighted by molar-refractivity contribution is 6.42. The molecular formula is C11H13Cl3N2O. The van der Waals surface area contributed by atoms with Crippen LogP contribution in [0, 0.1) is 5.92 Å². The molecule has 1 aromatic carbocycles. The molecule has 0 aliphatic rings. The standard InChI is InChI=1S/C11H13Cl3N2O/c1-6(2-3-15)11(17)16-10-8(13)4-7(12)5-9(10)14/h4-6H,2-3,15H2,1H3,(H,16,17). The predicted octanol–water partition coefficient (Wildman–Crippen LogP) is 3.57. The Kier molecular flexibility index (Phi) is 5.53. The molecule has 1 amide bonds. The van der Waals surface area contributed by atoms with Crippen LogP contribution in [-0.2, 0) is 4.79 Å². The molecule has 0 aliphatic carbocycles. The van der Waals surface area contributed by atoms with Gasteiger partial charge in [-0.2, -0.15) is 0 Å². The number of nitrogens with two attached hydrogens (primary N) is 1. The van der Waals surface area contributed by atoms with Crippen LogP contribution in [0.4, 0.5) is 5.69 Å². The van der Waals surface area contributed by atoms with Gasteiger partial charge in [-0.25, -0.2) is 0 Å². The molecule has 0 saturated heterocycles. The first kappa shape index (κ1) is 14.6. The van der Waals surface area contributed by atoms with Crippen molar-refractivity contribution in [1.29, 1.82) is 0 Å². The van der Waals surface area contributed by atoms with E-state index in [0.29, 0.717) is 33.7 Å². The van der Waals surface area contributed by atoms with Gasteiger partial charge in [-0.3, -0.25) is 4.79 Å². The summed E-state index contributed by atoms with van der Waals surface area (Å²) in [7, 11) is 0. The number of carbonyl (C=O) groups excluding carboxylic acids is 1. The average Bonchev–Trinajstić information content (AvgIpc) is 2.23. The van der Waals surface area contributed by atoms with E-state index >= 15 is 0 Å². The summed E-state index contributed by atoms with van der Waals surface area (Å²) in [5.74, 6) is -0.357. The Bertz CT molecular complexity index is 400. The largest absolute Gasteiger partial charge is 0.330 e. The Morgan fingerprint density at radius 3 is 2.35 bits per heavy atom. The number of halogens is 3. The van der Waals surface area contributed by atoms with Crippen LogP contribution < -0.4 is 11.1 Å². The molecule has 0 heterocycles. The van der Waals surface area contributed by atoms with Crippen LogP contribution in [0.15, 0.2) is 12.1 Å². The maximum absolute atomic E-state index is 11.8. The van der Waals surface area contributed by atoms with E-state index in [9.17, 15) is 4.79 Å². The van der Waals surface area contributed by atoms with E-state index in [1.165, 1.54) is 12.1 Å². The van der Waals surface area contributed by atoms with Gasteiger partial charge < -0.3 is 11.1 Å². The number of hydrogen-bond donors (Lipinski definition) is 2. The minimum atomic E-state index is -0.192. The van der Waals surface area contributed by atoms with Gasteiger partial charge in [0.2, 0.25) is 5.91 Å². The second kappa shape index (κ2) is 6.45. The van der Waals surface area contributed by atoms with Crippen LogP contribution in [0.5, 0.6) is 0 Å². The van der Waals surface area contributed by atoms with E-state index in [-0.39, 0.29) is 11.8 Å². The van der Waals surface area contributed by atoms with Crippen molar-refractivity contribution in [3.63, 3.8) is 0 Å². The van der Waals surface area contributed by atoms with Crippen molar-refractivity contribution in [2.45, 2.75) is 13.3 Å². The topological polar surface area (TPSA) is 55.1 Å². The smallest absolute Gasteiger partial charge is 0.227 e. The summed E-state index contributed by atoms with van der Waals surface area (Å²) in [6.07, 6.45) is 0.606. The maximum atomic E-state index is 11.8. The highest BCUT2D eigenvalue weighted by Gasteiger charge is 2.15. The number of nitrogens with one attached hydrogen (secondary N) is 1. The summed E-state index contributed by atoms with van der Waals surface area (Å²) >= 11 is 17.7. The lowest BCUT2D eigenvalue weighted by Crippen LogP contribution is -2.23. The maximum Gasteiger partial charge on any atom is 0.227 e. The minimum Gasteiger partial charge on any atom is -0.330 e. The average molecular weight is 296 g/mol. The predicted molar refractivity (Wildman–Crippen MR) is 72.9 cm³/mol. The molecule has 0 aromatic heterocycles. The van der Waals surface area contributed by atoms with E-state index in [4.69, 9.17) is 40.5 Å². The van der Waals surface area contributed by atoms with Crippen LogP contribution >= 0.6 is 34.8 Å². The zero-order valence-corrected chi connectivity index (χ0v) is 11.5. The quantitative estimate of drug-likeness (QED) is 0.892. The molecule has 0 spiro atoms. The van der Waals surface area contributed by atoms with Gasteiger partial charge in [0.05, 0.1) is 15.7 Å². The van der Waals surface area contributed by atoms with Crippen molar-refractivity contribution >= 4 is 46.4 Å². The molecule has 0 fully saturated rings. The summed E-state index contributed by atoms with van der Waals surface area (Å²) in [4.78, 5) is 11.8. The molecule has 6 heteroatoms. The zero-order valence-electron chi connectivity index (χ0n) is 9.27. The molecule has 0 aliphatic heterocycles. The Morgan fingerprint density at radius 1 is 1.35 bits per heavy atom. The zero-order chi connectivity index (χ0) is 13.0. The van der Waals surface area contributed by atoms with E-state index in [1.54, 1.807) is 6.92 Å². The molecule has 0 radical (unpaired) electrons. The van der Waals surface area contributed by atoms with Crippen molar-refractivity contribution in [3.8, 4) is 0 Å². The molecule has 1 aromatic rings. The van der Waals surface area contributed by atoms with E-state index in [0.717, 1.165) is 0 Å². The SMILES string of the molecule is CC(CCN)C(=O)Nc1c(Cl)cc(Cl)cc1Cl. The van der Waals surface area contributed by atoms with E-state index < -0.39 is 0 Å². The Hall–Kier alpha value is -0.480. The molecule has 1 unspecified atom stereocenters.